The lowest BCUT2D eigenvalue weighted by Crippen LogP contribution is -2.50. The number of hydrogen-bond acceptors (Lipinski definition) is 6. The lowest BCUT2D eigenvalue weighted by atomic mass is 9.73. The molecule has 0 radical (unpaired) electrons. The van der Waals surface area contributed by atoms with Gasteiger partial charge in [0.2, 0.25) is 11.8 Å². The van der Waals surface area contributed by atoms with Crippen molar-refractivity contribution in [1.29, 1.82) is 0 Å². The first-order chi connectivity index (χ1) is 18.9. The van der Waals surface area contributed by atoms with Crippen molar-refractivity contribution in [3.63, 3.8) is 0 Å². The molecular weight excluding hydrogens is 512 g/mol. The number of aryl methyl sites for hydroxylation is 4. The van der Waals surface area contributed by atoms with Crippen LogP contribution in [-0.4, -0.2) is 52.5 Å². The standard InChI is InChI=1S/C30H38N4O4S/c1-21-22(2)39-27-26(21)28(36)34(20-32-27)16-11-25(35)33-17-13-30(14-18-33)12-7-3-4-8-23-9-5-6-10-24(23)38-19-15-31-29(30)37/h5-6,9-10,20H,3-4,7-8,11-19H2,1-2H3,(H,31,37). The molecule has 1 aromatic carbocycles. The molecule has 1 fully saturated rings. The first-order valence-corrected chi connectivity index (χ1v) is 14.9. The molecule has 0 bridgehead atoms. The van der Waals surface area contributed by atoms with Crippen molar-refractivity contribution in [2.75, 3.05) is 26.2 Å². The third kappa shape index (κ3) is 5.88. The Balaban J connectivity index is 1.18. The Morgan fingerprint density at radius 2 is 1.90 bits per heavy atom. The van der Waals surface area contributed by atoms with Gasteiger partial charge in [0.05, 0.1) is 23.7 Å². The molecule has 3 aromatic rings. The quantitative estimate of drug-likeness (QED) is 0.522. The molecule has 2 amide bonds. The Kier molecular flexibility index (Phi) is 8.35. The minimum absolute atomic E-state index is 0.0197. The van der Waals surface area contributed by atoms with Crippen LogP contribution in [0.2, 0.25) is 0 Å². The van der Waals surface area contributed by atoms with Gasteiger partial charge in [0, 0.05) is 30.9 Å². The van der Waals surface area contributed by atoms with Crippen LogP contribution in [0.25, 0.3) is 10.2 Å². The second-order valence-corrected chi connectivity index (χ2v) is 12.1. The monoisotopic (exact) mass is 550 g/mol. The van der Waals surface area contributed by atoms with Crippen molar-refractivity contribution in [1.82, 2.24) is 19.8 Å². The van der Waals surface area contributed by atoms with Crippen molar-refractivity contribution in [2.24, 2.45) is 5.41 Å². The summed E-state index contributed by atoms with van der Waals surface area (Å²) in [6, 6.07) is 8.15. The van der Waals surface area contributed by atoms with E-state index in [1.165, 1.54) is 16.9 Å². The molecule has 9 heteroatoms. The predicted octanol–water partition coefficient (Wildman–Crippen LogP) is 4.39. The SMILES string of the molecule is Cc1sc2ncn(CCC(=O)N3CCC4(CCCCCc5ccccc5OCCNC4=O)CC3)c(=O)c2c1C. The molecular formula is C30H38N4O4S. The maximum Gasteiger partial charge on any atom is 0.262 e. The molecule has 39 heavy (non-hydrogen) atoms. The molecule has 2 aromatic heterocycles. The zero-order chi connectivity index (χ0) is 27.4. The number of rotatable bonds is 3. The predicted molar refractivity (Wildman–Crippen MR) is 153 cm³/mol. The van der Waals surface area contributed by atoms with E-state index in [1.54, 1.807) is 10.9 Å². The Bertz CT molecular complexity index is 1400. The van der Waals surface area contributed by atoms with Crippen LogP contribution in [0.1, 0.15) is 60.9 Å². The van der Waals surface area contributed by atoms with Crippen LogP contribution < -0.4 is 15.6 Å². The zero-order valence-electron chi connectivity index (χ0n) is 23.0. The van der Waals surface area contributed by atoms with E-state index >= 15 is 0 Å². The highest BCUT2D eigenvalue weighted by Gasteiger charge is 2.41. The summed E-state index contributed by atoms with van der Waals surface area (Å²) < 4.78 is 7.53. The van der Waals surface area contributed by atoms with E-state index in [9.17, 15) is 14.4 Å². The van der Waals surface area contributed by atoms with Gasteiger partial charge in [-0.2, -0.15) is 0 Å². The van der Waals surface area contributed by atoms with Crippen molar-refractivity contribution >= 4 is 33.4 Å². The van der Waals surface area contributed by atoms with Crippen LogP contribution in [0.3, 0.4) is 0 Å². The summed E-state index contributed by atoms with van der Waals surface area (Å²) in [5.74, 6) is 1.01. The molecule has 208 valence electrons. The van der Waals surface area contributed by atoms with Crippen LogP contribution in [0.4, 0.5) is 0 Å². The summed E-state index contributed by atoms with van der Waals surface area (Å²) in [6.07, 6.45) is 8.04. The van der Waals surface area contributed by atoms with Crippen LogP contribution in [0, 0.1) is 19.3 Å². The summed E-state index contributed by atoms with van der Waals surface area (Å²) in [6.45, 7) is 6.27. The summed E-state index contributed by atoms with van der Waals surface area (Å²) in [4.78, 5) is 47.6. The Hall–Kier alpha value is -3.20. The highest BCUT2D eigenvalue weighted by Crippen LogP contribution is 2.38. The van der Waals surface area contributed by atoms with Crippen LogP contribution in [0.5, 0.6) is 5.75 Å². The van der Waals surface area contributed by atoms with E-state index in [0.29, 0.717) is 51.0 Å². The third-order valence-electron chi connectivity index (χ3n) is 8.50. The number of para-hydroxylation sites is 1. The molecule has 8 nitrogen and oxygen atoms in total. The highest BCUT2D eigenvalue weighted by molar-refractivity contribution is 7.18. The Morgan fingerprint density at radius 3 is 2.72 bits per heavy atom. The summed E-state index contributed by atoms with van der Waals surface area (Å²) >= 11 is 1.53. The van der Waals surface area contributed by atoms with E-state index in [1.807, 2.05) is 36.9 Å². The molecule has 2 aliphatic rings. The average molecular weight is 551 g/mol. The number of nitrogens with one attached hydrogen (secondary N) is 1. The van der Waals surface area contributed by atoms with Gasteiger partial charge in [-0.05, 0) is 63.1 Å². The maximum absolute atomic E-state index is 13.4. The van der Waals surface area contributed by atoms with Crippen molar-refractivity contribution < 1.29 is 14.3 Å². The lowest BCUT2D eigenvalue weighted by Gasteiger charge is -2.41. The van der Waals surface area contributed by atoms with Gasteiger partial charge in [-0.15, -0.1) is 11.3 Å². The minimum atomic E-state index is -0.447. The van der Waals surface area contributed by atoms with E-state index in [2.05, 4.69) is 16.4 Å². The van der Waals surface area contributed by atoms with Gasteiger partial charge in [0.1, 0.15) is 17.2 Å². The Labute approximate surface area is 233 Å². The van der Waals surface area contributed by atoms with Crippen LogP contribution >= 0.6 is 11.3 Å². The fraction of sp³-hybridized carbons (Fsp3) is 0.533. The largest absolute Gasteiger partial charge is 0.491 e. The van der Waals surface area contributed by atoms with Gasteiger partial charge >= 0.3 is 0 Å². The van der Waals surface area contributed by atoms with Crippen molar-refractivity contribution in [3.05, 3.63) is 57.0 Å². The number of ether oxygens (including phenoxy) is 1. The molecule has 1 saturated heterocycles. The molecule has 0 atom stereocenters. The third-order valence-corrected chi connectivity index (χ3v) is 9.61. The number of carbonyl (C=O) groups excluding carboxylic acids is 2. The molecule has 1 spiro atoms. The molecule has 0 unspecified atom stereocenters. The van der Waals surface area contributed by atoms with Gasteiger partial charge in [-0.1, -0.05) is 31.0 Å². The molecule has 1 N–H and O–H groups in total. The minimum Gasteiger partial charge on any atom is -0.491 e. The fourth-order valence-electron chi connectivity index (χ4n) is 5.90. The summed E-state index contributed by atoms with van der Waals surface area (Å²) in [5, 5.41) is 3.78. The number of aromatic nitrogens is 2. The van der Waals surface area contributed by atoms with Gasteiger partial charge in [-0.3, -0.25) is 19.0 Å². The number of carbonyl (C=O) groups is 2. The number of likely N-dealkylation sites (tertiary alicyclic amines) is 1. The number of amides is 2. The molecule has 2 aliphatic heterocycles. The lowest BCUT2D eigenvalue weighted by molar-refractivity contribution is -0.141. The van der Waals surface area contributed by atoms with Crippen LogP contribution in [0.15, 0.2) is 35.4 Å². The number of hydrogen-bond donors (Lipinski definition) is 1. The number of nitrogens with zero attached hydrogens (tertiary/aromatic N) is 3. The summed E-state index contributed by atoms with van der Waals surface area (Å²) in [5.41, 5.74) is 1.66. The fourth-order valence-corrected chi connectivity index (χ4v) is 6.89. The highest BCUT2D eigenvalue weighted by atomic mass is 32.1. The second-order valence-electron chi connectivity index (χ2n) is 10.9. The van der Waals surface area contributed by atoms with Gasteiger partial charge in [-0.25, -0.2) is 4.98 Å². The van der Waals surface area contributed by atoms with E-state index in [-0.39, 0.29) is 23.8 Å². The van der Waals surface area contributed by atoms with Crippen LogP contribution in [-0.2, 0) is 22.6 Å². The number of fused-ring (bicyclic) bond motifs is 2. The Morgan fingerprint density at radius 1 is 1.10 bits per heavy atom. The topological polar surface area (TPSA) is 93.5 Å². The molecule has 0 aliphatic carbocycles. The van der Waals surface area contributed by atoms with Crippen molar-refractivity contribution in [3.8, 4) is 5.75 Å². The maximum atomic E-state index is 13.4. The van der Waals surface area contributed by atoms with Gasteiger partial charge in [0.15, 0.2) is 0 Å². The number of piperidine rings is 1. The first kappa shape index (κ1) is 27.4. The number of benzene rings is 1. The van der Waals surface area contributed by atoms with E-state index < -0.39 is 5.41 Å². The smallest absolute Gasteiger partial charge is 0.262 e. The molecule has 4 heterocycles. The average Bonchev–Trinajstić information content (AvgIpc) is 3.24. The normalized spacial score (nSPS) is 18.4. The first-order valence-electron chi connectivity index (χ1n) is 14.1. The van der Waals surface area contributed by atoms with Gasteiger partial charge in [0.25, 0.3) is 5.56 Å². The summed E-state index contributed by atoms with van der Waals surface area (Å²) in [7, 11) is 0. The van der Waals surface area contributed by atoms with E-state index in [0.717, 1.165) is 53.1 Å². The molecule has 0 saturated carbocycles. The second kappa shape index (κ2) is 11.9. The van der Waals surface area contributed by atoms with Crippen molar-refractivity contribution in [2.45, 2.75) is 71.8 Å². The zero-order valence-corrected chi connectivity index (χ0v) is 23.8. The molecule has 5 rings (SSSR count). The van der Waals surface area contributed by atoms with E-state index in [4.69, 9.17) is 4.74 Å². The number of thiophene rings is 1. The van der Waals surface area contributed by atoms with Gasteiger partial charge < -0.3 is 15.0 Å².